The van der Waals surface area contributed by atoms with Gasteiger partial charge < -0.3 is 22.1 Å². The van der Waals surface area contributed by atoms with Crippen LogP contribution in [0.3, 0.4) is 0 Å². The van der Waals surface area contributed by atoms with Crippen LogP contribution in [-0.2, 0) is 11.6 Å². The number of rotatable bonds is 6. The lowest BCUT2D eigenvalue weighted by Gasteiger charge is -2.29. The van der Waals surface area contributed by atoms with Gasteiger partial charge in [-0.1, -0.05) is 54.8 Å². The van der Waals surface area contributed by atoms with Crippen molar-refractivity contribution in [2.75, 3.05) is 10.6 Å². The number of hydrogen-bond acceptors (Lipinski definition) is 8. The maximum atomic E-state index is 11.9. The van der Waals surface area contributed by atoms with E-state index in [4.69, 9.17) is 19.9 Å². The van der Waals surface area contributed by atoms with Gasteiger partial charge >= 0.3 is 11.6 Å². The highest BCUT2D eigenvalue weighted by molar-refractivity contribution is 7.51. The molecule has 178 valence electrons. The van der Waals surface area contributed by atoms with Crippen LogP contribution in [0, 0.1) is 6.92 Å². The third-order valence-electron chi connectivity index (χ3n) is 5.70. The third kappa shape index (κ3) is 6.69. The summed E-state index contributed by atoms with van der Waals surface area (Å²) in [5, 5.41) is 6.57. The lowest BCUT2D eigenvalue weighted by Crippen LogP contribution is -2.43. The minimum absolute atomic E-state index is 0.0655. The molecule has 0 saturated heterocycles. The van der Waals surface area contributed by atoms with E-state index in [9.17, 15) is 4.79 Å². The van der Waals surface area contributed by atoms with Crippen LogP contribution >= 0.6 is 0 Å². The zero-order valence-electron chi connectivity index (χ0n) is 18.9. The van der Waals surface area contributed by atoms with Crippen molar-refractivity contribution in [3.63, 3.8) is 0 Å². The van der Waals surface area contributed by atoms with Gasteiger partial charge in [0.2, 0.25) is 5.95 Å². The van der Waals surface area contributed by atoms with Crippen molar-refractivity contribution in [3.05, 3.63) is 65.9 Å². The van der Waals surface area contributed by atoms with Crippen molar-refractivity contribution < 1.29 is 13.2 Å². The quantitative estimate of drug-likeness (QED) is 0.419. The zero-order chi connectivity index (χ0) is 24.5. The SMILES string of the molecule is Cc1ccc(-c2cccc(Nc3nc(N[C@@H]4CCCC[C@@H]4N)ncc3C(N)=O)c2)cc1.O=S=O. The van der Waals surface area contributed by atoms with Gasteiger partial charge in [0.25, 0.3) is 5.91 Å². The molecule has 9 nitrogen and oxygen atoms in total. The summed E-state index contributed by atoms with van der Waals surface area (Å²) >= 11 is -0.750. The van der Waals surface area contributed by atoms with Crippen molar-refractivity contribution in [3.8, 4) is 11.1 Å². The van der Waals surface area contributed by atoms with E-state index in [-0.39, 0.29) is 17.6 Å². The summed E-state index contributed by atoms with van der Waals surface area (Å²) < 4.78 is 16.6. The van der Waals surface area contributed by atoms with Gasteiger partial charge in [-0.3, -0.25) is 4.79 Å². The number of hydrogen-bond donors (Lipinski definition) is 4. The molecule has 0 bridgehead atoms. The monoisotopic (exact) mass is 480 g/mol. The predicted octanol–water partition coefficient (Wildman–Crippen LogP) is 3.31. The molecule has 0 aliphatic heterocycles. The number of nitrogens with two attached hydrogens (primary N) is 2. The molecule has 0 unspecified atom stereocenters. The van der Waals surface area contributed by atoms with Gasteiger partial charge in [-0.05, 0) is 43.0 Å². The Balaban J connectivity index is 0.00000103. The fraction of sp³-hybridized carbons (Fsp3) is 0.292. The van der Waals surface area contributed by atoms with Crippen LogP contribution in [0.1, 0.15) is 41.6 Å². The predicted molar refractivity (Wildman–Crippen MR) is 133 cm³/mol. The average molecular weight is 481 g/mol. The van der Waals surface area contributed by atoms with Crippen molar-refractivity contribution in [1.82, 2.24) is 9.97 Å². The molecule has 3 aromatic rings. The van der Waals surface area contributed by atoms with E-state index in [1.165, 1.54) is 11.8 Å². The molecule has 34 heavy (non-hydrogen) atoms. The summed E-state index contributed by atoms with van der Waals surface area (Å²) in [6, 6.07) is 16.5. The first-order valence-electron chi connectivity index (χ1n) is 11.0. The van der Waals surface area contributed by atoms with Crippen LogP contribution in [0.5, 0.6) is 0 Å². The zero-order valence-corrected chi connectivity index (χ0v) is 19.7. The van der Waals surface area contributed by atoms with Crippen LogP contribution in [-0.4, -0.2) is 36.4 Å². The molecule has 1 aliphatic rings. The number of carbonyl (C=O) groups excluding carboxylic acids is 1. The standard InChI is InChI=1S/C24H28N6O.O2S/c1-15-9-11-16(12-10-15)17-5-4-6-18(13-17)28-23-19(22(26)31)14-27-24(30-23)29-21-8-3-2-7-20(21)25;1-3-2/h4-6,9-14,20-21H,2-3,7-8,25H2,1H3,(H2,26,31)(H2,27,28,29,30);/t20-,21+;/m0./s1. The molecule has 1 aliphatic carbocycles. The fourth-order valence-corrected chi connectivity index (χ4v) is 3.89. The third-order valence-corrected chi connectivity index (χ3v) is 5.70. The maximum absolute atomic E-state index is 11.9. The van der Waals surface area contributed by atoms with E-state index in [2.05, 4.69) is 51.8 Å². The number of nitrogens with zero attached hydrogens (tertiary/aromatic N) is 2. The lowest BCUT2D eigenvalue weighted by molar-refractivity contribution is 0.100. The number of aryl methyl sites for hydroxylation is 1. The Bertz CT molecular complexity index is 1170. The van der Waals surface area contributed by atoms with E-state index in [1.807, 2.05) is 24.3 Å². The first-order valence-corrected chi connectivity index (χ1v) is 11.6. The molecule has 6 N–H and O–H groups in total. The molecule has 4 rings (SSSR count). The molecular formula is C24H28N6O3S. The Hall–Kier alpha value is -3.63. The van der Waals surface area contributed by atoms with E-state index in [0.717, 1.165) is 42.5 Å². The van der Waals surface area contributed by atoms with Crippen LogP contribution in [0.2, 0.25) is 0 Å². The number of amides is 1. The summed E-state index contributed by atoms with van der Waals surface area (Å²) in [6.07, 6.45) is 5.68. The smallest absolute Gasteiger partial charge is 0.335 e. The molecule has 2 aromatic carbocycles. The first-order chi connectivity index (χ1) is 16.4. The first kappa shape index (κ1) is 25.0. The summed E-state index contributed by atoms with van der Waals surface area (Å²) in [5.41, 5.74) is 16.2. The van der Waals surface area contributed by atoms with Gasteiger partial charge in [0.15, 0.2) is 0 Å². The maximum Gasteiger partial charge on any atom is 0.335 e. The van der Waals surface area contributed by atoms with Gasteiger partial charge in [0, 0.05) is 24.0 Å². The summed E-state index contributed by atoms with van der Waals surface area (Å²) in [4.78, 5) is 20.8. The van der Waals surface area contributed by atoms with Gasteiger partial charge in [0.1, 0.15) is 11.4 Å². The molecule has 1 aromatic heterocycles. The molecule has 2 atom stereocenters. The minimum atomic E-state index is -0.750. The Morgan fingerprint density at radius 3 is 2.44 bits per heavy atom. The molecule has 0 radical (unpaired) electrons. The normalized spacial score (nSPS) is 17.1. The molecule has 10 heteroatoms. The van der Waals surface area contributed by atoms with Crippen LogP contribution in [0.25, 0.3) is 11.1 Å². The number of benzene rings is 2. The molecule has 1 heterocycles. The van der Waals surface area contributed by atoms with Gasteiger partial charge in [0.05, 0.1) is 0 Å². The number of aromatic nitrogens is 2. The highest BCUT2D eigenvalue weighted by Gasteiger charge is 2.23. The topological polar surface area (TPSA) is 153 Å². The van der Waals surface area contributed by atoms with E-state index < -0.39 is 17.5 Å². The van der Waals surface area contributed by atoms with Crippen LogP contribution in [0.4, 0.5) is 17.5 Å². The lowest BCUT2D eigenvalue weighted by atomic mass is 9.91. The molecule has 1 amide bonds. The number of primary amides is 1. The number of anilines is 3. The van der Waals surface area contributed by atoms with Crippen LogP contribution in [0.15, 0.2) is 54.7 Å². The summed E-state index contributed by atoms with van der Waals surface area (Å²) in [7, 11) is 0. The number of nitrogens with one attached hydrogen (secondary N) is 2. The Labute approximate surface area is 202 Å². The largest absolute Gasteiger partial charge is 0.365 e. The second-order valence-corrected chi connectivity index (χ2v) is 8.30. The highest BCUT2D eigenvalue weighted by Crippen LogP contribution is 2.27. The van der Waals surface area contributed by atoms with E-state index in [1.54, 1.807) is 0 Å². The van der Waals surface area contributed by atoms with Gasteiger partial charge in [-0.2, -0.15) is 13.4 Å². The van der Waals surface area contributed by atoms with Crippen molar-refractivity contribution in [1.29, 1.82) is 0 Å². The summed E-state index contributed by atoms with van der Waals surface area (Å²) in [5.74, 6) is 0.220. The van der Waals surface area contributed by atoms with Crippen molar-refractivity contribution in [2.24, 2.45) is 11.5 Å². The van der Waals surface area contributed by atoms with Crippen LogP contribution < -0.4 is 22.1 Å². The van der Waals surface area contributed by atoms with Crippen molar-refractivity contribution in [2.45, 2.75) is 44.7 Å². The second-order valence-electron chi connectivity index (χ2n) is 8.16. The molecule has 1 saturated carbocycles. The highest BCUT2D eigenvalue weighted by atomic mass is 32.1. The van der Waals surface area contributed by atoms with Gasteiger partial charge in [-0.15, -0.1) is 0 Å². The van der Waals surface area contributed by atoms with E-state index >= 15 is 0 Å². The van der Waals surface area contributed by atoms with E-state index in [0.29, 0.717) is 11.8 Å². The Morgan fingerprint density at radius 1 is 1.06 bits per heavy atom. The number of carbonyl (C=O) groups is 1. The molecular weight excluding hydrogens is 452 g/mol. The van der Waals surface area contributed by atoms with Crippen molar-refractivity contribution >= 4 is 34.9 Å². The fourth-order valence-electron chi connectivity index (χ4n) is 3.89. The molecule has 1 fully saturated rings. The Kier molecular flexibility index (Phi) is 8.83. The second kappa shape index (κ2) is 12.0. The minimum Gasteiger partial charge on any atom is -0.365 e. The average Bonchev–Trinajstić information content (AvgIpc) is 2.82. The van der Waals surface area contributed by atoms with Gasteiger partial charge in [-0.25, -0.2) is 4.98 Å². The Morgan fingerprint density at radius 2 is 1.76 bits per heavy atom. The molecule has 0 spiro atoms. The summed E-state index contributed by atoms with van der Waals surface area (Å²) in [6.45, 7) is 2.06.